The summed E-state index contributed by atoms with van der Waals surface area (Å²) in [6.45, 7) is 3.40. The van der Waals surface area contributed by atoms with Gasteiger partial charge in [-0.3, -0.25) is 4.79 Å². The topological polar surface area (TPSA) is 20.3 Å². The van der Waals surface area contributed by atoms with Gasteiger partial charge in [0.2, 0.25) is 0 Å². The molecular formula is C16H14BrNO. The van der Waals surface area contributed by atoms with Crippen LogP contribution in [0.15, 0.2) is 46.9 Å². The zero-order valence-electron chi connectivity index (χ0n) is 10.7. The number of amides is 1. The molecule has 1 heterocycles. The van der Waals surface area contributed by atoms with E-state index in [1.54, 1.807) is 0 Å². The van der Waals surface area contributed by atoms with Gasteiger partial charge in [0.1, 0.15) is 0 Å². The maximum absolute atomic E-state index is 12.4. The van der Waals surface area contributed by atoms with Gasteiger partial charge in [0, 0.05) is 23.1 Å². The number of rotatable bonds is 1. The number of fused-ring (bicyclic) bond motifs is 1. The van der Waals surface area contributed by atoms with E-state index in [0.29, 0.717) is 13.1 Å². The third-order valence-corrected chi connectivity index (χ3v) is 4.25. The van der Waals surface area contributed by atoms with Crippen LogP contribution in [0.4, 0.5) is 0 Å². The molecule has 19 heavy (non-hydrogen) atoms. The lowest BCUT2D eigenvalue weighted by Gasteiger charge is -2.15. The van der Waals surface area contributed by atoms with Crippen LogP contribution in [0.3, 0.4) is 0 Å². The Morgan fingerprint density at radius 1 is 1.11 bits per heavy atom. The number of benzene rings is 2. The Balaban J connectivity index is 1.85. The molecule has 3 rings (SSSR count). The van der Waals surface area contributed by atoms with E-state index in [-0.39, 0.29) is 5.91 Å². The molecule has 0 saturated heterocycles. The molecule has 0 bridgehead atoms. The first-order valence-corrected chi connectivity index (χ1v) is 7.06. The Morgan fingerprint density at radius 2 is 1.84 bits per heavy atom. The quantitative estimate of drug-likeness (QED) is 0.781. The van der Waals surface area contributed by atoms with E-state index in [9.17, 15) is 4.79 Å². The first-order valence-electron chi connectivity index (χ1n) is 6.27. The van der Waals surface area contributed by atoms with Gasteiger partial charge in [-0.1, -0.05) is 45.8 Å². The van der Waals surface area contributed by atoms with E-state index in [1.165, 1.54) is 16.7 Å². The molecule has 0 saturated carbocycles. The van der Waals surface area contributed by atoms with Crippen molar-refractivity contribution in [2.45, 2.75) is 20.0 Å². The molecule has 3 heteroatoms. The van der Waals surface area contributed by atoms with Crippen molar-refractivity contribution in [3.63, 3.8) is 0 Å². The van der Waals surface area contributed by atoms with Gasteiger partial charge in [0.25, 0.3) is 5.91 Å². The Bertz CT molecular complexity index is 634. The van der Waals surface area contributed by atoms with Crippen molar-refractivity contribution in [2.24, 2.45) is 0 Å². The molecule has 1 aliphatic rings. The van der Waals surface area contributed by atoms with Gasteiger partial charge in [-0.15, -0.1) is 0 Å². The second-order valence-corrected chi connectivity index (χ2v) is 5.76. The van der Waals surface area contributed by atoms with Crippen LogP contribution in [0, 0.1) is 6.92 Å². The van der Waals surface area contributed by atoms with Gasteiger partial charge in [0.05, 0.1) is 0 Å². The van der Waals surface area contributed by atoms with Crippen molar-refractivity contribution in [2.75, 3.05) is 0 Å². The van der Waals surface area contributed by atoms with Gasteiger partial charge in [0.15, 0.2) is 0 Å². The summed E-state index contributed by atoms with van der Waals surface area (Å²) < 4.78 is 1.09. The van der Waals surface area contributed by atoms with Crippen molar-refractivity contribution >= 4 is 21.8 Å². The molecule has 2 nitrogen and oxygen atoms in total. The van der Waals surface area contributed by atoms with Gasteiger partial charge in [-0.2, -0.15) is 0 Å². The Morgan fingerprint density at radius 3 is 2.53 bits per heavy atom. The number of hydrogen-bond acceptors (Lipinski definition) is 1. The highest BCUT2D eigenvalue weighted by molar-refractivity contribution is 9.10. The average molecular weight is 316 g/mol. The fraction of sp³-hybridized carbons (Fsp3) is 0.188. The summed E-state index contributed by atoms with van der Waals surface area (Å²) in [4.78, 5) is 14.3. The second kappa shape index (κ2) is 4.82. The molecule has 0 radical (unpaired) electrons. The molecule has 0 atom stereocenters. The predicted molar refractivity (Wildman–Crippen MR) is 78.9 cm³/mol. The van der Waals surface area contributed by atoms with Crippen LogP contribution in [0.2, 0.25) is 0 Å². The maximum atomic E-state index is 12.4. The molecule has 0 fully saturated rings. The van der Waals surface area contributed by atoms with Crippen molar-refractivity contribution in [1.82, 2.24) is 4.90 Å². The lowest BCUT2D eigenvalue weighted by molar-refractivity contribution is 0.0751. The number of aryl methyl sites for hydroxylation is 1. The van der Waals surface area contributed by atoms with Crippen molar-refractivity contribution < 1.29 is 4.79 Å². The Labute approximate surface area is 121 Å². The monoisotopic (exact) mass is 315 g/mol. The Kier molecular flexibility index (Phi) is 3.15. The largest absolute Gasteiger partial charge is 0.330 e. The summed E-state index contributed by atoms with van der Waals surface area (Å²) >= 11 is 3.55. The average Bonchev–Trinajstić information content (AvgIpc) is 2.84. The number of halogens is 1. The third-order valence-electron chi connectivity index (χ3n) is 3.51. The fourth-order valence-electron chi connectivity index (χ4n) is 2.40. The van der Waals surface area contributed by atoms with Gasteiger partial charge in [-0.25, -0.2) is 0 Å². The molecule has 1 aliphatic heterocycles. The molecule has 1 amide bonds. The number of carbonyl (C=O) groups excluding carboxylic acids is 1. The zero-order valence-corrected chi connectivity index (χ0v) is 12.3. The Hall–Kier alpha value is -1.61. The molecule has 0 aliphatic carbocycles. The van der Waals surface area contributed by atoms with E-state index in [0.717, 1.165) is 10.0 Å². The molecule has 0 N–H and O–H groups in total. The van der Waals surface area contributed by atoms with Crippen LogP contribution in [0.5, 0.6) is 0 Å². The summed E-state index contributed by atoms with van der Waals surface area (Å²) in [7, 11) is 0. The van der Waals surface area contributed by atoms with Crippen molar-refractivity contribution in [1.29, 1.82) is 0 Å². The van der Waals surface area contributed by atoms with Crippen LogP contribution >= 0.6 is 15.9 Å². The standard InChI is InChI=1S/C16H14BrNO/c1-11-5-7-12(8-6-11)16(19)18-9-13-3-2-4-15(17)14(13)10-18/h2-8H,9-10H2,1H3. The SMILES string of the molecule is Cc1ccc(C(=O)N2Cc3cccc(Br)c3C2)cc1. The fourth-order valence-corrected chi connectivity index (χ4v) is 2.94. The van der Waals surface area contributed by atoms with Crippen LogP contribution in [0.25, 0.3) is 0 Å². The number of carbonyl (C=O) groups is 1. The first kappa shape index (κ1) is 12.4. The molecule has 0 unspecified atom stereocenters. The highest BCUT2D eigenvalue weighted by atomic mass is 79.9. The van der Waals surface area contributed by atoms with Crippen LogP contribution in [0.1, 0.15) is 27.0 Å². The van der Waals surface area contributed by atoms with Crippen molar-refractivity contribution in [3.8, 4) is 0 Å². The highest BCUT2D eigenvalue weighted by Gasteiger charge is 2.25. The van der Waals surface area contributed by atoms with Gasteiger partial charge in [-0.05, 0) is 36.2 Å². The summed E-state index contributed by atoms with van der Waals surface area (Å²) in [5.74, 6) is 0.100. The molecule has 0 aromatic heterocycles. The van der Waals surface area contributed by atoms with Crippen LogP contribution in [-0.4, -0.2) is 10.8 Å². The first-order chi connectivity index (χ1) is 9.15. The minimum absolute atomic E-state index is 0.100. The molecular weight excluding hydrogens is 302 g/mol. The van der Waals surface area contributed by atoms with E-state index >= 15 is 0 Å². The van der Waals surface area contributed by atoms with E-state index in [1.807, 2.05) is 48.2 Å². The predicted octanol–water partition coefficient (Wildman–Crippen LogP) is 3.91. The lowest BCUT2D eigenvalue weighted by atomic mass is 10.1. The second-order valence-electron chi connectivity index (χ2n) is 4.90. The van der Waals surface area contributed by atoms with Gasteiger partial charge < -0.3 is 4.90 Å². The minimum atomic E-state index is 0.100. The summed E-state index contributed by atoms with van der Waals surface area (Å²) in [5.41, 5.74) is 4.39. The molecule has 0 spiro atoms. The van der Waals surface area contributed by atoms with E-state index < -0.39 is 0 Å². The van der Waals surface area contributed by atoms with Crippen LogP contribution < -0.4 is 0 Å². The van der Waals surface area contributed by atoms with E-state index in [4.69, 9.17) is 0 Å². The van der Waals surface area contributed by atoms with E-state index in [2.05, 4.69) is 22.0 Å². The number of nitrogens with zero attached hydrogens (tertiary/aromatic N) is 1. The normalized spacial score (nSPS) is 13.5. The number of hydrogen-bond donors (Lipinski definition) is 0. The molecule has 96 valence electrons. The molecule has 2 aromatic carbocycles. The third kappa shape index (κ3) is 2.30. The maximum Gasteiger partial charge on any atom is 0.254 e. The molecule has 2 aromatic rings. The summed E-state index contributed by atoms with van der Waals surface area (Å²) in [6.07, 6.45) is 0. The minimum Gasteiger partial charge on any atom is -0.330 e. The smallest absolute Gasteiger partial charge is 0.254 e. The zero-order chi connectivity index (χ0) is 13.4. The highest BCUT2D eigenvalue weighted by Crippen LogP contribution is 2.30. The summed E-state index contributed by atoms with van der Waals surface area (Å²) in [6, 6.07) is 13.9. The van der Waals surface area contributed by atoms with Gasteiger partial charge >= 0.3 is 0 Å². The lowest BCUT2D eigenvalue weighted by Crippen LogP contribution is -2.25. The van der Waals surface area contributed by atoms with Crippen LogP contribution in [-0.2, 0) is 13.1 Å². The summed E-state index contributed by atoms with van der Waals surface area (Å²) in [5, 5.41) is 0. The van der Waals surface area contributed by atoms with Crippen molar-refractivity contribution in [3.05, 3.63) is 69.2 Å².